The summed E-state index contributed by atoms with van der Waals surface area (Å²) < 4.78 is 25.2. The molecule has 0 saturated carbocycles. The molecule has 0 fully saturated rings. The minimum Gasteiger partial charge on any atom is -0.481 e. The van der Waals surface area contributed by atoms with Gasteiger partial charge in [0.25, 0.3) is 5.91 Å². The molecule has 0 aromatic heterocycles. The number of anilines is 2. The second-order valence-electron chi connectivity index (χ2n) is 6.50. The van der Waals surface area contributed by atoms with Gasteiger partial charge in [-0.05, 0) is 48.7 Å². The molecular formula is C19H22N2O5S. The number of aliphatic carboxylic acids is 1. The van der Waals surface area contributed by atoms with Crippen LogP contribution in [0.3, 0.4) is 0 Å². The molecule has 0 aliphatic rings. The fourth-order valence-electron chi connectivity index (χ4n) is 2.44. The van der Waals surface area contributed by atoms with Crippen molar-refractivity contribution in [3.05, 3.63) is 59.2 Å². The number of carbonyl (C=O) groups excluding carboxylic acids is 1. The monoisotopic (exact) mass is 390 g/mol. The molecule has 144 valence electrons. The lowest BCUT2D eigenvalue weighted by atomic mass is 10.0. The topological polar surface area (TPSA) is 113 Å². The number of amides is 1. The van der Waals surface area contributed by atoms with Gasteiger partial charge in [-0.3, -0.25) is 14.3 Å². The van der Waals surface area contributed by atoms with Gasteiger partial charge in [-0.25, -0.2) is 8.42 Å². The number of sulfonamides is 1. The molecule has 0 aliphatic heterocycles. The van der Waals surface area contributed by atoms with Crippen molar-refractivity contribution < 1.29 is 23.1 Å². The number of nitrogens with one attached hydrogen (secondary N) is 2. The zero-order valence-electron chi connectivity index (χ0n) is 15.3. The first-order chi connectivity index (χ1) is 12.5. The van der Waals surface area contributed by atoms with Crippen LogP contribution >= 0.6 is 0 Å². The maximum absolute atomic E-state index is 12.4. The van der Waals surface area contributed by atoms with Crippen molar-refractivity contribution in [1.29, 1.82) is 0 Å². The highest BCUT2D eigenvalue weighted by molar-refractivity contribution is 7.92. The maximum Gasteiger partial charge on any atom is 0.306 e. The van der Waals surface area contributed by atoms with Gasteiger partial charge in [-0.1, -0.05) is 25.1 Å². The number of hydrogen-bond donors (Lipinski definition) is 3. The molecule has 2 aromatic carbocycles. The van der Waals surface area contributed by atoms with Gasteiger partial charge in [0.2, 0.25) is 10.0 Å². The number of aryl methyl sites for hydroxylation is 1. The lowest BCUT2D eigenvalue weighted by Gasteiger charge is -2.11. The number of benzene rings is 2. The van der Waals surface area contributed by atoms with Crippen LogP contribution in [0.25, 0.3) is 0 Å². The average molecular weight is 390 g/mol. The Morgan fingerprint density at radius 1 is 1.11 bits per heavy atom. The predicted molar refractivity (Wildman–Crippen MR) is 105 cm³/mol. The molecule has 0 bridgehead atoms. The van der Waals surface area contributed by atoms with Gasteiger partial charge in [-0.15, -0.1) is 0 Å². The van der Waals surface area contributed by atoms with Crippen molar-refractivity contribution in [3.8, 4) is 0 Å². The number of carbonyl (C=O) groups is 2. The molecule has 0 saturated heterocycles. The highest BCUT2D eigenvalue weighted by Gasteiger charge is 2.13. The normalized spacial score (nSPS) is 12.3. The van der Waals surface area contributed by atoms with Crippen molar-refractivity contribution in [1.82, 2.24) is 0 Å². The fraction of sp³-hybridized carbons (Fsp3) is 0.263. The number of rotatable bonds is 7. The summed E-state index contributed by atoms with van der Waals surface area (Å²) in [5.41, 5.74) is 2.79. The Balaban J connectivity index is 2.11. The minimum absolute atomic E-state index is 0.315. The Morgan fingerprint density at radius 3 is 2.30 bits per heavy atom. The summed E-state index contributed by atoms with van der Waals surface area (Å²) in [6, 6.07) is 11.7. The molecule has 8 heteroatoms. The molecule has 1 unspecified atom stereocenters. The van der Waals surface area contributed by atoms with Gasteiger partial charge in [0.05, 0.1) is 17.9 Å². The van der Waals surface area contributed by atoms with Gasteiger partial charge in [0.1, 0.15) is 0 Å². The van der Waals surface area contributed by atoms with E-state index in [2.05, 4.69) is 10.0 Å². The van der Waals surface area contributed by atoms with Crippen LogP contribution in [0.1, 0.15) is 28.4 Å². The summed E-state index contributed by atoms with van der Waals surface area (Å²) in [6.07, 6.45) is 1.45. The van der Waals surface area contributed by atoms with Gasteiger partial charge in [0, 0.05) is 11.3 Å². The molecular weight excluding hydrogens is 368 g/mol. The molecule has 1 atom stereocenters. The molecule has 3 N–H and O–H groups in total. The van der Waals surface area contributed by atoms with Crippen LogP contribution in [0.2, 0.25) is 0 Å². The van der Waals surface area contributed by atoms with Crippen LogP contribution in [0.4, 0.5) is 11.4 Å². The molecule has 0 radical (unpaired) electrons. The van der Waals surface area contributed by atoms with E-state index in [-0.39, 0.29) is 5.91 Å². The Morgan fingerprint density at radius 2 is 1.74 bits per heavy atom. The minimum atomic E-state index is -3.45. The van der Waals surface area contributed by atoms with E-state index in [1.807, 2.05) is 0 Å². The summed E-state index contributed by atoms with van der Waals surface area (Å²) >= 11 is 0. The Labute approximate surface area is 158 Å². The third-order valence-corrected chi connectivity index (χ3v) is 4.56. The van der Waals surface area contributed by atoms with E-state index in [0.717, 1.165) is 11.8 Å². The highest BCUT2D eigenvalue weighted by atomic mass is 32.2. The number of carboxylic acid groups (broad SMARTS) is 1. The number of carboxylic acids is 1. The molecule has 0 spiro atoms. The molecule has 1 amide bonds. The second-order valence-corrected chi connectivity index (χ2v) is 8.25. The Bertz CT molecular complexity index is 953. The summed E-state index contributed by atoms with van der Waals surface area (Å²) in [7, 11) is -3.45. The summed E-state index contributed by atoms with van der Waals surface area (Å²) in [5, 5.41) is 11.7. The smallest absolute Gasteiger partial charge is 0.306 e. The van der Waals surface area contributed by atoms with Crippen LogP contribution in [-0.2, 0) is 21.2 Å². The van der Waals surface area contributed by atoms with E-state index in [4.69, 9.17) is 5.11 Å². The van der Waals surface area contributed by atoms with E-state index >= 15 is 0 Å². The lowest BCUT2D eigenvalue weighted by Crippen LogP contribution is -2.15. The lowest BCUT2D eigenvalue weighted by molar-refractivity contribution is -0.141. The van der Waals surface area contributed by atoms with Gasteiger partial charge in [-0.2, -0.15) is 0 Å². The second kappa shape index (κ2) is 8.22. The standard InChI is InChI=1S/C19H22N2O5S/c1-12-4-7-15(11-17(12)21-27(3,25)26)18(22)20-16-8-5-14(6-9-16)10-13(2)19(23)24/h4-9,11,13,21H,10H2,1-3H3,(H,20,22)(H,23,24). The molecule has 0 heterocycles. The first-order valence-corrected chi connectivity index (χ1v) is 10.2. The molecule has 2 aromatic rings. The van der Waals surface area contributed by atoms with E-state index in [1.165, 1.54) is 6.07 Å². The Hall–Kier alpha value is -2.87. The van der Waals surface area contributed by atoms with Crippen molar-refractivity contribution in [2.45, 2.75) is 20.3 Å². The summed E-state index contributed by atoms with van der Waals surface area (Å²) in [6.45, 7) is 3.38. The van der Waals surface area contributed by atoms with Crippen LogP contribution in [0, 0.1) is 12.8 Å². The van der Waals surface area contributed by atoms with Crippen LogP contribution in [0.5, 0.6) is 0 Å². The van der Waals surface area contributed by atoms with Crippen molar-refractivity contribution in [3.63, 3.8) is 0 Å². The third-order valence-electron chi connectivity index (χ3n) is 3.97. The molecule has 7 nitrogen and oxygen atoms in total. The zero-order chi connectivity index (χ0) is 20.2. The number of hydrogen-bond acceptors (Lipinski definition) is 4. The first kappa shape index (κ1) is 20.4. The molecule has 0 aliphatic carbocycles. The van der Waals surface area contributed by atoms with Crippen LogP contribution in [0.15, 0.2) is 42.5 Å². The zero-order valence-corrected chi connectivity index (χ0v) is 16.1. The van der Waals surface area contributed by atoms with Gasteiger partial charge >= 0.3 is 5.97 Å². The summed E-state index contributed by atoms with van der Waals surface area (Å²) in [4.78, 5) is 23.3. The maximum atomic E-state index is 12.4. The van der Waals surface area contributed by atoms with Crippen molar-refractivity contribution >= 4 is 33.3 Å². The predicted octanol–water partition coefficient (Wildman–Crippen LogP) is 2.88. The van der Waals surface area contributed by atoms with Gasteiger partial charge < -0.3 is 10.4 Å². The molecule has 27 heavy (non-hydrogen) atoms. The van der Waals surface area contributed by atoms with Crippen LogP contribution < -0.4 is 10.0 Å². The fourth-order valence-corrected chi connectivity index (χ4v) is 3.06. The van der Waals surface area contributed by atoms with Crippen molar-refractivity contribution in [2.75, 3.05) is 16.3 Å². The van der Waals surface area contributed by atoms with E-state index in [1.54, 1.807) is 50.2 Å². The third kappa shape index (κ3) is 6.10. The van der Waals surface area contributed by atoms with Crippen molar-refractivity contribution in [2.24, 2.45) is 5.92 Å². The van der Waals surface area contributed by atoms with E-state index in [0.29, 0.717) is 28.9 Å². The largest absolute Gasteiger partial charge is 0.481 e. The Kier molecular flexibility index (Phi) is 6.22. The van der Waals surface area contributed by atoms with E-state index < -0.39 is 21.9 Å². The quantitative estimate of drug-likeness (QED) is 0.673. The summed E-state index contributed by atoms with van der Waals surface area (Å²) in [5.74, 6) is -1.72. The SMILES string of the molecule is Cc1ccc(C(=O)Nc2ccc(CC(C)C(=O)O)cc2)cc1NS(C)(=O)=O. The highest BCUT2D eigenvalue weighted by Crippen LogP contribution is 2.20. The van der Waals surface area contributed by atoms with Gasteiger partial charge in [0.15, 0.2) is 0 Å². The molecule has 2 rings (SSSR count). The average Bonchev–Trinajstić information content (AvgIpc) is 2.57. The van der Waals surface area contributed by atoms with E-state index in [9.17, 15) is 18.0 Å². The van der Waals surface area contributed by atoms with Crippen LogP contribution in [-0.4, -0.2) is 31.7 Å². The first-order valence-electron chi connectivity index (χ1n) is 8.26.